The van der Waals surface area contributed by atoms with Gasteiger partial charge in [-0.25, -0.2) is 0 Å². The minimum absolute atomic E-state index is 0.894. The van der Waals surface area contributed by atoms with Crippen molar-refractivity contribution in [3.63, 3.8) is 0 Å². The number of rotatable bonds is 1. The van der Waals surface area contributed by atoms with Crippen molar-refractivity contribution in [2.24, 2.45) is 0 Å². The van der Waals surface area contributed by atoms with Gasteiger partial charge in [0.1, 0.15) is 5.76 Å². The third-order valence-corrected chi connectivity index (χ3v) is 2.12. The molecule has 0 N–H and O–H groups in total. The second-order valence-electron chi connectivity index (χ2n) is 3.36. The van der Waals surface area contributed by atoms with E-state index in [0.29, 0.717) is 0 Å². The number of allylic oxidation sites excluding steroid dienone is 6. The standard InChI is InChI=1S/C11H13NO/c1-12(2)11-8-7-9-5-3-4-6-10(9)13-11/h3-4,6-8H,5H2,1-2H3. The van der Waals surface area contributed by atoms with Crippen LogP contribution in [0.4, 0.5) is 0 Å². The Hall–Kier alpha value is -1.44. The molecule has 0 saturated heterocycles. The molecule has 1 aliphatic heterocycles. The topological polar surface area (TPSA) is 12.5 Å². The highest BCUT2D eigenvalue weighted by Gasteiger charge is 2.14. The summed E-state index contributed by atoms with van der Waals surface area (Å²) in [5, 5.41) is 0. The lowest BCUT2D eigenvalue weighted by atomic mass is 10.0. The van der Waals surface area contributed by atoms with Crippen LogP contribution in [0.1, 0.15) is 6.42 Å². The Morgan fingerprint density at radius 3 is 2.85 bits per heavy atom. The number of nitrogens with zero attached hydrogens (tertiary/aromatic N) is 1. The molecule has 68 valence electrons. The Kier molecular flexibility index (Phi) is 1.97. The molecule has 2 heteroatoms. The smallest absolute Gasteiger partial charge is 0.195 e. The van der Waals surface area contributed by atoms with Gasteiger partial charge in [0.25, 0.3) is 0 Å². The third kappa shape index (κ3) is 1.52. The van der Waals surface area contributed by atoms with Crippen molar-refractivity contribution in [2.45, 2.75) is 6.42 Å². The number of fused-ring (bicyclic) bond motifs is 1. The van der Waals surface area contributed by atoms with Crippen molar-refractivity contribution in [3.05, 3.63) is 47.6 Å². The van der Waals surface area contributed by atoms with Crippen LogP contribution in [0, 0.1) is 0 Å². The molecule has 0 aromatic heterocycles. The highest BCUT2D eigenvalue weighted by atomic mass is 16.5. The van der Waals surface area contributed by atoms with E-state index in [9.17, 15) is 0 Å². The third-order valence-electron chi connectivity index (χ3n) is 2.12. The summed E-state index contributed by atoms with van der Waals surface area (Å²) in [6.07, 6.45) is 11.3. The first-order valence-corrected chi connectivity index (χ1v) is 4.40. The molecule has 0 saturated carbocycles. The number of ether oxygens (including phenoxy) is 1. The maximum Gasteiger partial charge on any atom is 0.195 e. The fraction of sp³-hybridized carbons (Fsp3) is 0.273. The summed E-state index contributed by atoms with van der Waals surface area (Å²) in [4.78, 5) is 1.96. The number of hydrogen-bond donors (Lipinski definition) is 0. The van der Waals surface area contributed by atoms with Gasteiger partial charge in [0.05, 0.1) is 0 Å². The molecule has 0 unspecified atom stereocenters. The molecule has 0 amide bonds. The van der Waals surface area contributed by atoms with Crippen LogP contribution >= 0.6 is 0 Å². The van der Waals surface area contributed by atoms with E-state index in [2.05, 4.69) is 12.2 Å². The molecule has 0 aromatic carbocycles. The molecule has 0 radical (unpaired) electrons. The molecule has 0 fully saturated rings. The predicted molar refractivity (Wildman–Crippen MR) is 52.8 cm³/mol. The lowest BCUT2D eigenvalue weighted by molar-refractivity contribution is 0.206. The molecule has 2 rings (SSSR count). The second kappa shape index (κ2) is 3.13. The molecular weight excluding hydrogens is 162 g/mol. The first-order valence-electron chi connectivity index (χ1n) is 4.40. The monoisotopic (exact) mass is 175 g/mol. The van der Waals surface area contributed by atoms with Gasteiger partial charge in [-0.3, -0.25) is 0 Å². The zero-order valence-electron chi connectivity index (χ0n) is 7.95. The van der Waals surface area contributed by atoms with E-state index < -0.39 is 0 Å². The van der Waals surface area contributed by atoms with Gasteiger partial charge in [0, 0.05) is 14.1 Å². The van der Waals surface area contributed by atoms with E-state index in [1.807, 2.05) is 37.2 Å². The van der Waals surface area contributed by atoms with Gasteiger partial charge in [-0.15, -0.1) is 0 Å². The normalized spacial score (nSPS) is 19.4. The average molecular weight is 175 g/mol. The van der Waals surface area contributed by atoms with Gasteiger partial charge in [0.15, 0.2) is 5.88 Å². The van der Waals surface area contributed by atoms with Gasteiger partial charge in [-0.2, -0.15) is 0 Å². The van der Waals surface area contributed by atoms with Crippen LogP contribution in [-0.2, 0) is 4.74 Å². The van der Waals surface area contributed by atoms with Gasteiger partial charge >= 0.3 is 0 Å². The molecule has 2 nitrogen and oxygen atoms in total. The minimum Gasteiger partial charge on any atom is -0.441 e. The molecule has 1 heterocycles. The molecule has 0 spiro atoms. The van der Waals surface area contributed by atoms with Crippen LogP contribution in [0.5, 0.6) is 0 Å². The lowest BCUT2D eigenvalue weighted by Gasteiger charge is -2.24. The SMILES string of the molecule is CN(C)C1=CC=C2CC=CC=C2O1. The van der Waals surface area contributed by atoms with Crippen molar-refractivity contribution < 1.29 is 4.74 Å². The molecule has 1 aliphatic carbocycles. The van der Waals surface area contributed by atoms with E-state index in [-0.39, 0.29) is 0 Å². The minimum atomic E-state index is 0.894. The summed E-state index contributed by atoms with van der Waals surface area (Å²) in [6.45, 7) is 0. The first-order chi connectivity index (χ1) is 6.27. The van der Waals surface area contributed by atoms with E-state index in [4.69, 9.17) is 4.74 Å². The summed E-state index contributed by atoms with van der Waals surface area (Å²) < 4.78 is 5.68. The lowest BCUT2D eigenvalue weighted by Crippen LogP contribution is -2.16. The highest BCUT2D eigenvalue weighted by Crippen LogP contribution is 2.27. The van der Waals surface area contributed by atoms with Crippen LogP contribution in [0.3, 0.4) is 0 Å². The molecule has 13 heavy (non-hydrogen) atoms. The quantitative estimate of drug-likeness (QED) is 0.605. The maximum absolute atomic E-state index is 5.68. The number of hydrogen-bond acceptors (Lipinski definition) is 2. The summed E-state index contributed by atoms with van der Waals surface area (Å²) in [6, 6.07) is 0. The molecule has 0 atom stereocenters. The Morgan fingerprint density at radius 1 is 1.23 bits per heavy atom. The van der Waals surface area contributed by atoms with Crippen LogP contribution < -0.4 is 0 Å². The van der Waals surface area contributed by atoms with Crippen LogP contribution in [0.25, 0.3) is 0 Å². The Morgan fingerprint density at radius 2 is 2.08 bits per heavy atom. The first kappa shape index (κ1) is 8.17. The van der Waals surface area contributed by atoms with Crippen molar-refractivity contribution in [1.29, 1.82) is 0 Å². The van der Waals surface area contributed by atoms with Crippen LogP contribution in [-0.4, -0.2) is 19.0 Å². The van der Waals surface area contributed by atoms with Gasteiger partial charge < -0.3 is 9.64 Å². The predicted octanol–water partition coefficient (Wildman–Crippen LogP) is 2.19. The van der Waals surface area contributed by atoms with E-state index in [0.717, 1.165) is 18.1 Å². The van der Waals surface area contributed by atoms with Gasteiger partial charge in [-0.05, 0) is 30.2 Å². The summed E-state index contributed by atoms with van der Waals surface area (Å²) >= 11 is 0. The van der Waals surface area contributed by atoms with Crippen molar-refractivity contribution in [2.75, 3.05) is 14.1 Å². The van der Waals surface area contributed by atoms with Crippen molar-refractivity contribution in [3.8, 4) is 0 Å². The van der Waals surface area contributed by atoms with E-state index >= 15 is 0 Å². The second-order valence-corrected chi connectivity index (χ2v) is 3.36. The van der Waals surface area contributed by atoms with E-state index in [1.54, 1.807) is 0 Å². The Labute approximate surface area is 78.5 Å². The zero-order chi connectivity index (χ0) is 9.26. The highest BCUT2D eigenvalue weighted by molar-refractivity contribution is 5.40. The fourth-order valence-corrected chi connectivity index (χ4v) is 1.37. The molecule has 0 aromatic rings. The maximum atomic E-state index is 5.68. The average Bonchev–Trinajstić information content (AvgIpc) is 2.17. The molecule has 0 bridgehead atoms. The summed E-state index contributed by atoms with van der Waals surface area (Å²) in [5.74, 6) is 1.87. The molecular formula is C11H13NO. The Balaban J connectivity index is 2.27. The zero-order valence-corrected chi connectivity index (χ0v) is 7.95. The van der Waals surface area contributed by atoms with E-state index in [1.165, 1.54) is 5.57 Å². The van der Waals surface area contributed by atoms with Crippen molar-refractivity contribution in [1.82, 2.24) is 4.90 Å². The molecule has 2 aliphatic rings. The van der Waals surface area contributed by atoms with Crippen LogP contribution in [0.2, 0.25) is 0 Å². The van der Waals surface area contributed by atoms with Crippen LogP contribution in [0.15, 0.2) is 47.6 Å². The summed E-state index contributed by atoms with van der Waals surface area (Å²) in [5.41, 5.74) is 1.26. The van der Waals surface area contributed by atoms with Gasteiger partial charge in [-0.1, -0.05) is 12.2 Å². The van der Waals surface area contributed by atoms with Gasteiger partial charge in [0.2, 0.25) is 0 Å². The fourth-order valence-electron chi connectivity index (χ4n) is 1.37. The largest absolute Gasteiger partial charge is 0.441 e. The summed E-state index contributed by atoms with van der Waals surface area (Å²) in [7, 11) is 3.95. The van der Waals surface area contributed by atoms with Crippen molar-refractivity contribution >= 4 is 0 Å². The Bertz CT molecular complexity index is 332.